The third-order valence-electron chi connectivity index (χ3n) is 3.45. The second kappa shape index (κ2) is 2.59. The van der Waals surface area contributed by atoms with Crippen molar-refractivity contribution in [1.82, 2.24) is 5.32 Å². The van der Waals surface area contributed by atoms with Gasteiger partial charge in [-0.25, -0.2) is 0 Å². The van der Waals surface area contributed by atoms with Gasteiger partial charge >= 0.3 is 0 Å². The second-order valence-electron chi connectivity index (χ2n) is 4.58. The summed E-state index contributed by atoms with van der Waals surface area (Å²) in [5, 5.41) is 2.95. The number of carbonyl (C=O) groups is 1. The Morgan fingerprint density at radius 1 is 1.07 bits per heavy atom. The quantitative estimate of drug-likeness (QED) is 0.651. The van der Waals surface area contributed by atoms with Crippen molar-refractivity contribution in [2.24, 2.45) is 5.41 Å². The molecule has 1 N–H and O–H groups in total. The molecule has 0 radical (unpaired) electrons. The number of hydrogen-bond acceptors (Lipinski definition) is 1. The van der Waals surface area contributed by atoms with E-state index in [-0.39, 0.29) is 11.3 Å². The molecule has 1 heterocycles. The van der Waals surface area contributed by atoms with Crippen LogP contribution in [0, 0.1) is 5.41 Å². The van der Waals surface area contributed by atoms with Crippen LogP contribution in [0.25, 0.3) is 0 Å². The molecule has 0 saturated carbocycles. The Bertz CT molecular complexity index is 372. The zero-order valence-corrected chi connectivity index (χ0v) is 8.05. The van der Waals surface area contributed by atoms with Crippen molar-refractivity contribution in [1.29, 1.82) is 0 Å². The molecule has 0 unspecified atom stereocenters. The molecule has 72 valence electrons. The molecular weight excluding hydrogens is 174 g/mol. The number of carbonyl (C=O) groups excluding carboxylic acids is 1. The summed E-state index contributed by atoms with van der Waals surface area (Å²) in [7, 11) is 0. The SMILES string of the molecule is O=C1CC2(CN1)Cc1ccccc1C2. The van der Waals surface area contributed by atoms with Gasteiger partial charge in [0, 0.05) is 18.4 Å². The Morgan fingerprint density at radius 2 is 1.71 bits per heavy atom. The molecule has 14 heavy (non-hydrogen) atoms. The number of amides is 1. The summed E-state index contributed by atoms with van der Waals surface area (Å²) in [5.74, 6) is 0.220. The van der Waals surface area contributed by atoms with Gasteiger partial charge in [-0.2, -0.15) is 0 Å². The molecule has 1 saturated heterocycles. The van der Waals surface area contributed by atoms with Gasteiger partial charge in [0.25, 0.3) is 0 Å². The lowest BCUT2D eigenvalue weighted by molar-refractivity contribution is -0.119. The zero-order valence-electron chi connectivity index (χ0n) is 8.05. The van der Waals surface area contributed by atoms with E-state index in [2.05, 4.69) is 29.6 Å². The molecule has 1 amide bonds. The van der Waals surface area contributed by atoms with E-state index in [0.29, 0.717) is 6.42 Å². The van der Waals surface area contributed by atoms with Gasteiger partial charge in [0.1, 0.15) is 0 Å². The summed E-state index contributed by atoms with van der Waals surface area (Å²) < 4.78 is 0. The van der Waals surface area contributed by atoms with E-state index in [1.807, 2.05) is 0 Å². The Labute approximate surface area is 83.3 Å². The van der Waals surface area contributed by atoms with Crippen molar-refractivity contribution >= 4 is 5.91 Å². The highest BCUT2D eigenvalue weighted by Gasteiger charge is 2.42. The molecule has 3 rings (SSSR count). The van der Waals surface area contributed by atoms with Crippen LogP contribution in [0.3, 0.4) is 0 Å². The minimum Gasteiger partial charge on any atom is -0.355 e. The third-order valence-corrected chi connectivity index (χ3v) is 3.45. The molecule has 1 fully saturated rings. The zero-order chi connectivity index (χ0) is 9.60. The molecule has 1 aromatic rings. The van der Waals surface area contributed by atoms with Crippen LogP contribution in [0.5, 0.6) is 0 Å². The van der Waals surface area contributed by atoms with Crippen molar-refractivity contribution in [2.75, 3.05) is 6.54 Å². The lowest BCUT2D eigenvalue weighted by Crippen LogP contribution is -2.24. The summed E-state index contributed by atoms with van der Waals surface area (Å²) in [6.07, 6.45) is 2.85. The molecular formula is C12H13NO. The van der Waals surface area contributed by atoms with Crippen LogP contribution in [0.1, 0.15) is 17.5 Å². The summed E-state index contributed by atoms with van der Waals surface area (Å²) in [6, 6.07) is 8.55. The molecule has 2 heteroatoms. The lowest BCUT2D eigenvalue weighted by Gasteiger charge is -2.18. The average Bonchev–Trinajstić information content (AvgIpc) is 2.69. The van der Waals surface area contributed by atoms with Crippen molar-refractivity contribution in [3.8, 4) is 0 Å². The van der Waals surface area contributed by atoms with Gasteiger partial charge in [0.15, 0.2) is 0 Å². The minimum absolute atomic E-state index is 0.209. The number of benzene rings is 1. The van der Waals surface area contributed by atoms with Crippen LogP contribution in [-0.2, 0) is 17.6 Å². The van der Waals surface area contributed by atoms with Gasteiger partial charge in [0.05, 0.1) is 0 Å². The van der Waals surface area contributed by atoms with Gasteiger partial charge in [-0.15, -0.1) is 0 Å². The Morgan fingerprint density at radius 3 is 2.21 bits per heavy atom. The molecule has 1 aromatic carbocycles. The highest BCUT2D eigenvalue weighted by atomic mass is 16.1. The van der Waals surface area contributed by atoms with Crippen LogP contribution in [-0.4, -0.2) is 12.5 Å². The first-order valence-electron chi connectivity index (χ1n) is 5.11. The Balaban J connectivity index is 1.94. The highest BCUT2D eigenvalue weighted by molar-refractivity contribution is 5.79. The molecule has 2 nitrogen and oxygen atoms in total. The van der Waals surface area contributed by atoms with E-state index in [4.69, 9.17) is 0 Å². The van der Waals surface area contributed by atoms with E-state index < -0.39 is 0 Å². The predicted octanol–water partition coefficient (Wildman–Crippen LogP) is 1.29. The summed E-state index contributed by atoms with van der Waals surface area (Å²) >= 11 is 0. The fraction of sp³-hybridized carbons (Fsp3) is 0.417. The molecule has 1 spiro atoms. The first kappa shape index (κ1) is 8.04. The maximum Gasteiger partial charge on any atom is 0.220 e. The highest BCUT2D eigenvalue weighted by Crippen LogP contribution is 2.41. The molecule has 0 aromatic heterocycles. The number of hydrogen-bond donors (Lipinski definition) is 1. The molecule has 0 atom stereocenters. The third kappa shape index (κ3) is 1.07. The first-order chi connectivity index (χ1) is 6.77. The molecule has 1 aliphatic heterocycles. The van der Waals surface area contributed by atoms with Crippen molar-refractivity contribution < 1.29 is 4.79 Å². The van der Waals surface area contributed by atoms with Crippen LogP contribution >= 0.6 is 0 Å². The second-order valence-corrected chi connectivity index (χ2v) is 4.58. The topological polar surface area (TPSA) is 29.1 Å². The van der Waals surface area contributed by atoms with Crippen molar-refractivity contribution in [3.05, 3.63) is 35.4 Å². The van der Waals surface area contributed by atoms with Gasteiger partial charge in [-0.3, -0.25) is 4.79 Å². The number of rotatable bonds is 0. The fourth-order valence-electron chi connectivity index (χ4n) is 2.77. The first-order valence-corrected chi connectivity index (χ1v) is 5.11. The van der Waals surface area contributed by atoms with Crippen molar-refractivity contribution in [3.63, 3.8) is 0 Å². The molecule has 2 aliphatic rings. The van der Waals surface area contributed by atoms with E-state index in [0.717, 1.165) is 19.4 Å². The van der Waals surface area contributed by atoms with Gasteiger partial charge in [-0.05, 0) is 24.0 Å². The van der Waals surface area contributed by atoms with Crippen LogP contribution in [0.15, 0.2) is 24.3 Å². The minimum atomic E-state index is 0.209. The van der Waals surface area contributed by atoms with E-state index in [9.17, 15) is 4.79 Å². The van der Waals surface area contributed by atoms with E-state index in [1.54, 1.807) is 0 Å². The Kier molecular flexibility index (Phi) is 1.49. The molecule has 1 aliphatic carbocycles. The summed E-state index contributed by atoms with van der Waals surface area (Å²) in [4.78, 5) is 11.2. The van der Waals surface area contributed by atoms with E-state index >= 15 is 0 Å². The largest absolute Gasteiger partial charge is 0.355 e. The predicted molar refractivity (Wildman–Crippen MR) is 53.9 cm³/mol. The average molecular weight is 187 g/mol. The maximum atomic E-state index is 11.2. The van der Waals surface area contributed by atoms with Crippen LogP contribution in [0.2, 0.25) is 0 Å². The van der Waals surface area contributed by atoms with Crippen LogP contribution < -0.4 is 5.32 Å². The van der Waals surface area contributed by atoms with E-state index in [1.165, 1.54) is 11.1 Å². The molecule has 0 bridgehead atoms. The van der Waals surface area contributed by atoms with Gasteiger partial charge in [-0.1, -0.05) is 24.3 Å². The number of fused-ring (bicyclic) bond motifs is 1. The van der Waals surface area contributed by atoms with Gasteiger partial charge in [0.2, 0.25) is 5.91 Å². The summed E-state index contributed by atoms with van der Waals surface area (Å²) in [5.41, 5.74) is 3.08. The lowest BCUT2D eigenvalue weighted by atomic mass is 9.84. The number of nitrogens with one attached hydrogen (secondary N) is 1. The smallest absolute Gasteiger partial charge is 0.220 e. The van der Waals surface area contributed by atoms with Crippen LogP contribution in [0.4, 0.5) is 0 Å². The maximum absolute atomic E-state index is 11.2. The standard InChI is InChI=1S/C12H13NO/c14-11-7-12(8-13-11)5-9-3-1-2-4-10(9)6-12/h1-4H,5-8H2,(H,13,14). The Hall–Kier alpha value is -1.31. The van der Waals surface area contributed by atoms with Crippen molar-refractivity contribution in [2.45, 2.75) is 19.3 Å². The normalized spacial score (nSPS) is 22.4. The summed E-state index contributed by atoms with van der Waals surface area (Å²) in [6.45, 7) is 0.862. The monoisotopic (exact) mass is 187 g/mol. The fourth-order valence-corrected chi connectivity index (χ4v) is 2.77. The van der Waals surface area contributed by atoms with Gasteiger partial charge < -0.3 is 5.32 Å².